The van der Waals surface area contributed by atoms with Crippen molar-refractivity contribution in [2.75, 3.05) is 25.0 Å². The molecule has 0 unspecified atom stereocenters. The first-order chi connectivity index (χ1) is 8.24. The molecule has 1 aliphatic heterocycles. The van der Waals surface area contributed by atoms with Crippen LogP contribution < -0.4 is 5.32 Å². The number of Topliss-reactive ketones (excluding diaryl/α,β-unsaturated/α-hetero) is 1. The van der Waals surface area contributed by atoms with E-state index in [9.17, 15) is 9.59 Å². The zero-order valence-electron chi connectivity index (χ0n) is 9.69. The third-order valence-corrected chi connectivity index (χ3v) is 2.84. The number of benzene rings is 1. The van der Waals surface area contributed by atoms with E-state index in [0.717, 1.165) is 5.69 Å². The number of anilines is 1. The number of carbonyl (C=O) groups excluding carboxylic acids is 2. The zero-order chi connectivity index (χ0) is 12.1. The third kappa shape index (κ3) is 3.67. The van der Waals surface area contributed by atoms with Crippen LogP contribution in [0.25, 0.3) is 0 Å². The average molecular weight is 232 g/mol. The minimum absolute atomic E-state index is 0.0226. The Labute approximate surface area is 101 Å². The Morgan fingerprint density at radius 3 is 2.47 bits per heavy atom. The van der Waals surface area contributed by atoms with Gasteiger partial charge in [0.25, 0.3) is 0 Å². The number of ketones is 1. The summed E-state index contributed by atoms with van der Waals surface area (Å²) in [6, 6.07) is 9.39. The summed E-state index contributed by atoms with van der Waals surface area (Å²) in [4.78, 5) is 24.8. The fraction of sp³-hybridized carbons (Fsp3) is 0.385. The molecule has 1 aromatic rings. The van der Waals surface area contributed by atoms with Crippen LogP contribution in [0.15, 0.2) is 30.3 Å². The van der Waals surface area contributed by atoms with Gasteiger partial charge in [0.05, 0.1) is 6.54 Å². The Morgan fingerprint density at radius 2 is 1.82 bits per heavy atom. The SMILES string of the molecule is O=C1CCN(CC(=O)Nc2ccccc2)CC1. The van der Waals surface area contributed by atoms with Crippen molar-refractivity contribution < 1.29 is 9.59 Å². The molecular formula is C13H16N2O2. The molecule has 2 rings (SSSR count). The summed E-state index contributed by atoms with van der Waals surface area (Å²) in [6.07, 6.45) is 1.14. The van der Waals surface area contributed by atoms with Crippen LogP contribution in [-0.2, 0) is 9.59 Å². The van der Waals surface area contributed by atoms with Gasteiger partial charge in [-0.25, -0.2) is 0 Å². The van der Waals surface area contributed by atoms with Crippen LogP contribution in [0.3, 0.4) is 0 Å². The van der Waals surface area contributed by atoms with Gasteiger partial charge in [0.15, 0.2) is 0 Å². The van der Waals surface area contributed by atoms with Crippen molar-refractivity contribution in [1.82, 2.24) is 4.90 Å². The standard InChI is InChI=1S/C13H16N2O2/c16-12-6-8-15(9-7-12)10-13(17)14-11-4-2-1-3-5-11/h1-5H,6-10H2,(H,14,17). The molecule has 1 fully saturated rings. The highest BCUT2D eigenvalue weighted by Crippen LogP contribution is 2.07. The van der Waals surface area contributed by atoms with Crippen LogP contribution >= 0.6 is 0 Å². The van der Waals surface area contributed by atoms with E-state index in [1.54, 1.807) is 0 Å². The predicted molar refractivity (Wildman–Crippen MR) is 65.8 cm³/mol. The lowest BCUT2D eigenvalue weighted by Gasteiger charge is -2.24. The molecule has 0 spiro atoms. The van der Waals surface area contributed by atoms with Crippen LogP contribution in [0.5, 0.6) is 0 Å². The van der Waals surface area contributed by atoms with E-state index in [4.69, 9.17) is 0 Å². The lowest BCUT2D eigenvalue weighted by atomic mass is 10.1. The van der Waals surface area contributed by atoms with Crippen LogP contribution in [-0.4, -0.2) is 36.2 Å². The van der Waals surface area contributed by atoms with E-state index in [1.807, 2.05) is 35.2 Å². The second-order valence-corrected chi connectivity index (χ2v) is 4.23. The van der Waals surface area contributed by atoms with Crippen LogP contribution in [0.4, 0.5) is 5.69 Å². The maximum atomic E-state index is 11.7. The molecule has 1 heterocycles. The fourth-order valence-corrected chi connectivity index (χ4v) is 1.89. The second kappa shape index (κ2) is 5.59. The molecular weight excluding hydrogens is 216 g/mol. The molecule has 90 valence electrons. The quantitative estimate of drug-likeness (QED) is 0.854. The summed E-state index contributed by atoms with van der Waals surface area (Å²) in [6.45, 7) is 1.75. The average Bonchev–Trinajstić information content (AvgIpc) is 2.33. The smallest absolute Gasteiger partial charge is 0.238 e. The molecule has 1 N–H and O–H groups in total. The van der Waals surface area contributed by atoms with Gasteiger partial charge in [-0.1, -0.05) is 18.2 Å². The van der Waals surface area contributed by atoms with Gasteiger partial charge in [-0.2, -0.15) is 0 Å². The lowest BCUT2D eigenvalue weighted by Crippen LogP contribution is -2.39. The molecule has 17 heavy (non-hydrogen) atoms. The van der Waals surface area contributed by atoms with Crippen molar-refractivity contribution in [2.24, 2.45) is 0 Å². The van der Waals surface area contributed by atoms with Crippen molar-refractivity contribution in [1.29, 1.82) is 0 Å². The van der Waals surface area contributed by atoms with Gasteiger partial charge in [0.2, 0.25) is 5.91 Å². The Bertz CT molecular complexity index is 393. The fourth-order valence-electron chi connectivity index (χ4n) is 1.89. The second-order valence-electron chi connectivity index (χ2n) is 4.23. The minimum Gasteiger partial charge on any atom is -0.325 e. The van der Waals surface area contributed by atoms with Crippen LogP contribution in [0, 0.1) is 0 Å². The van der Waals surface area contributed by atoms with E-state index in [0.29, 0.717) is 38.3 Å². The molecule has 0 aliphatic carbocycles. The number of hydrogen-bond donors (Lipinski definition) is 1. The number of piperidine rings is 1. The zero-order valence-corrected chi connectivity index (χ0v) is 9.69. The first kappa shape index (κ1) is 11.8. The van der Waals surface area contributed by atoms with E-state index in [2.05, 4.69) is 5.32 Å². The topological polar surface area (TPSA) is 49.4 Å². The van der Waals surface area contributed by atoms with E-state index in [1.165, 1.54) is 0 Å². The van der Waals surface area contributed by atoms with Gasteiger partial charge in [-0.05, 0) is 12.1 Å². The van der Waals surface area contributed by atoms with Crippen molar-refractivity contribution in [3.05, 3.63) is 30.3 Å². The molecule has 0 radical (unpaired) electrons. The van der Waals surface area contributed by atoms with Crippen molar-refractivity contribution in [2.45, 2.75) is 12.8 Å². The highest BCUT2D eigenvalue weighted by atomic mass is 16.2. The summed E-state index contributed by atoms with van der Waals surface area (Å²) in [7, 11) is 0. The molecule has 4 heteroatoms. The van der Waals surface area contributed by atoms with Crippen LogP contribution in [0.1, 0.15) is 12.8 Å². The summed E-state index contributed by atoms with van der Waals surface area (Å²) >= 11 is 0. The molecule has 0 atom stereocenters. The molecule has 4 nitrogen and oxygen atoms in total. The van der Waals surface area contributed by atoms with E-state index in [-0.39, 0.29) is 5.91 Å². The maximum absolute atomic E-state index is 11.7. The summed E-state index contributed by atoms with van der Waals surface area (Å²) < 4.78 is 0. The minimum atomic E-state index is -0.0226. The first-order valence-corrected chi connectivity index (χ1v) is 5.83. The Hall–Kier alpha value is -1.68. The number of nitrogens with zero attached hydrogens (tertiary/aromatic N) is 1. The summed E-state index contributed by atoms with van der Waals surface area (Å²) in [5, 5.41) is 2.83. The summed E-state index contributed by atoms with van der Waals surface area (Å²) in [5.74, 6) is 0.273. The first-order valence-electron chi connectivity index (χ1n) is 5.83. The van der Waals surface area contributed by atoms with Crippen molar-refractivity contribution >= 4 is 17.4 Å². The van der Waals surface area contributed by atoms with Gasteiger partial charge < -0.3 is 5.32 Å². The number of rotatable bonds is 3. The largest absolute Gasteiger partial charge is 0.325 e. The van der Waals surface area contributed by atoms with Crippen molar-refractivity contribution in [3.63, 3.8) is 0 Å². The number of hydrogen-bond acceptors (Lipinski definition) is 3. The molecule has 1 amide bonds. The number of carbonyl (C=O) groups is 2. The van der Waals surface area contributed by atoms with E-state index < -0.39 is 0 Å². The Balaban J connectivity index is 1.80. The number of amides is 1. The number of para-hydroxylation sites is 1. The number of likely N-dealkylation sites (tertiary alicyclic amines) is 1. The lowest BCUT2D eigenvalue weighted by molar-refractivity contribution is -0.124. The van der Waals surface area contributed by atoms with Gasteiger partial charge in [0, 0.05) is 31.6 Å². The van der Waals surface area contributed by atoms with Crippen molar-refractivity contribution in [3.8, 4) is 0 Å². The molecule has 1 aromatic carbocycles. The Morgan fingerprint density at radius 1 is 1.18 bits per heavy atom. The van der Waals surface area contributed by atoms with Gasteiger partial charge in [-0.3, -0.25) is 14.5 Å². The normalized spacial score (nSPS) is 16.8. The molecule has 1 aliphatic rings. The van der Waals surface area contributed by atoms with Gasteiger partial charge in [-0.15, -0.1) is 0 Å². The van der Waals surface area contributed by atoms with E-state index >= 15 is 0 Å². The monoisotopic (exact) mass is 232 g/mol. The molecule has 0 saturated carbocycles. The molecule has 0 bridgehead atoms. The highest BCUT2D eigenvalue weighted by Gasteiger charge is 2.18. The molecule has 0 aromatic heterocycles. The Kier molecular flexibility index (Phi) is 3.88. The van der Waals surface area contributed by atoms with Gasteiger partial charge in [0.1, 0.15) is 5.78 Å². The number of nitrogens with one attached hydrogen (secondary N) is 1. The maximum Gasteiger partial charge on any atom is 0.238 e. The predicted octanol–water partition coefficient (Wildman–Crippen LogP) is 1.29. The molecule has 1 saturated heterocycles. The third-order valence-electron chi connectivity index (χ3n) is 2.84. The highest BCUT2D eigenvalue weighted by molar-refractivity contribution is 5.92. The van der Waals surface area contributed by atoms with Gasteiger partial charge >= 0.3 is 0 Å². The summed E-state index contributed by atoms with van der Waals surface area (Å²) in [5.41, 5.74) is 0.811. The van der Waals surface area contributed by atoms with Crippen LogP contribution in [0.2, 0.25) is 0 Å².